The Balaban J connectivity index is 2.01. The van der Waals surface area contributed by atoms with Gasteiger partial charge in [0.2, 0.25) is 15.9 Å². The molecule has 0 saturated carbocycles. The van der Waals surface area contributed by atoms with Crippen molar-refractivity contribution in [3.8, 4) is 0 Å². The molecule has 120 valence electrons. The second-order valence-electron chi connectivity index (χ2n) is 5.47. The molecule has 1 aromatic carbocycles. The number of sulfonamides is 1. The van der Waals surface area contributed by atoms with Crippen LogP contribution in [0.25, 0.3) is 0 Å². The van der Waals surface area contributed by atoms with Crippen LogP contribution in [0.5, 0.6) is 0 Å². The summed E-state index contributed by atoms with van der Waals surface area (Å²) in [6, 6.07) is 7.98. The molecular formula is C15H20N2O4S. The third kappa shape index (κ3) is 4.14. The number of rotatable bonds is 6. The Kier molecular flexibility index (Phi) is 5.31. The predicted molar refractivity (Wildman–Crippen MR) is 82.7 cm³/mol. The topological polar surface area (TPSA) is 83.6 Å². The minimum Gasteiger partial charge on any atom is -0.345 e. The maximum atomic E-state index is 12.3. The number of hydrogen-bond acceptors (Lipinski definition) is 4. The Morgan fingerprint density at radius 2 is 2.09 bits per heavy atom. The van der Waals surface area contributed by atoms with E-state index >= 15 is 0 Å². The number of benzene rings is 1. The fraction of sp³-hybridized carbons (Fsp3) is 0.467. The van der Waals surface area contributed by atoms with Gasteiger partial charge in [-0.15, -0.1) is 0 Å². The average molecular weight is 324 g/mol. The third-order valence-electron chi connectivity index (χ3n) is 3.72. The summed E-state index contributed by atoms with van der Waals surface area (Å²) in [6.07, 6.45) is 3.30. The second-order valence-corrected chi connectivity index (χ2v) is 7.41. The first kappa shape index (κ1) is 16.6. The summed E-state index contributed by atoms with van der Waals surface area (Å²) in [4.78, 5) is 23.5. The fourth-order valence-electron chi connectivity index (χ4n) is 2.68. The van der Waals surface area contributed by atoms with E-state index in [2.05, 4.69) is 5.32 Å². The van der Waals surface area contributed by atoms with Crippen molar-refractivity contribution in [3.63, 3.8) is 0 Å². The van der Waals surface area contributed by atoms with Crippen LogP contribution in [0.2, 0.25) is 0 Å². The molecule has 2 rings (SSSR count). The van der Waals surface area contributed by atoms with Crippen LogP contribution < -0.4 is 5.32 Å². The van der Waals surface area contributed by atoms with Crippen LogP contribution in [0.4, 0.5) is 0 Å². The van der Waals surface area contributed by atoms with Crippen LogP contribution in [0.15, 0.2) is 30.3 Å². The van der Waals surface area contributed by atoms with Crippen LogP contribution in [-0.4, -0.2) is 49.8 Å². The van der Waals surface area contributed by atoms with Gasteiger partial charge in [-0.1, -0.05) is 30.3 Å². The van der Waals surface area contributed by atoms with Crippen molar-refractivity contribution in [2.45, 2.75) is 31.3 Å². The molecule has 0 bridgehead atoms. The number of amides is 1. The van der Waals surface area contributed by atoms with E-state index in [0.717, 1.165) is 11.8 Å². The van der Waals surface area contributed by atoms with Gasteiger partial charge >= 0.3 is 0 Å². The van der Waals surface area contributed by atoms with Crippen molar-refractivity contribution in [2.24, 2.45) is 0 Å². The van der Waals surface area contributed by atoms with Crippen molar-refractivity contribution in [1.29, 1.82) is 0 Å². The molecule has 1 N–H and O–H groups in total. The summed E-state index contributed by atoms with van der Waals surface area (Å²) in [5.74, 6) is -0.407. The van der Waals surface area contributed by atoms with E-state index in [-0.39, 0.29) is 0 Å². The Bertz CT molecular complexity index is 630. The smallest absolute Gasteiger partial charge is 0.239 e. The van der Waals surface area contributed by atoms with Gasteiger partial charge in [-0.05, 0) is 24.8 Å². The summed E-state index contributed by atoms with van der Waals surface area (Å²) >= 11 is 0. The van der Waals surface area contributed by atoms with Gasteiger partial charge in [0.1, 0.15) is 12.3 Å². The molecule has 1 aliphatic heterocycles. The Labute approximate surface area is 130 Å². The predicted octanol–water partition coefficient (Wildman–Crippen LogP) is 0.337. The van der Waals surface area contributed by atoms with E-state index in [1.807, 2.05) is 30.3 Å². The van der Waals surface area contributed by atoms with Gasteiger partial charge in [0.05, 0.1) is 12.3 Å². The Hall–Kier alpha value is -1.73. The van der Waals surface area contributed by atoms with Gasteiger partial charge < -0.3 is 10.1 Å². The van der Waals surface area contributed by atoms with E-state index in [1.165, 1.54) is 4.31 Å². The van der Waals surface area contributed by atoms with Crippen molar-refractivity contribution in [3.05, 3.63) is 35.9 Å². The highest BCUT2D eigenvalue weighted by Gasteiger charge is 2.36. The summed E-state index contributed by atoms with van der Waals surface area (Å²) in [5.41, 5.74) is 0.936. The van der Waals surface area contributed by atoms with Gasteiger partial charge in [0.15, 0.2) is 0 Å². The van der Waals surface area contributed by atoms with E-state index in [1.54, 1.807) is 0 Å². The zero-order chi connectivity index (χ0) is 16.2. The lowest BCUT2D eigenvalue weighted by Crippen LogP contribution is -2.49. The van der Waals surface area contributed by atoms with Crippen LogP contribution in [0, 0.1) is 0 Å². The van der Waals surface area contributed by atoms with E-state index in [0.29, 0.717) is 32.1 Å². The van der Waals surface area contributed by atoms with Gasteiger partial charge in [0.25, 0.3) is 0 Å². The molecule has 0 radical (unpaired) electrons. The number of hydrogen-bond donors (Lipinski definition) is 1. The quantitative estimate of drug-likeness (QED) is 0.765. The van der Waals surface area contributed by atoms with Crippen molar-refractivity contribution >= 4 is 22.2 Å². The molecule has 1 amide bonds. The van der Waals surface area contributed by atoms with Crippen molar-refractivity contribution < 1.29 is 18.0 Å². The summed E-state index contributed by atoms with van der Waals surface area (Å²) < 4.78 is 24.5. The number of carbonyl (C=O) groups is 2. The number of nitrogens with one attached hydrogen (secondary N) is 1. The molecule has 0 aliphatic carbocycles. The third-order valence-corrected chi connectivity index (χ3v) is 5.01. The zero-order valence-electron chi connectivity index (χ0n) is 12.4. The van der Waals surface area contributed by atoms with Crippen LogP contribution in [0.3, 0.4) is 0 Å². The monoisotopic (exact) mass is 324 g/mol. The first-order chi connectivity index (χ1) is 10.4. The molecule has 0 spiro atoms. The van der Waals surface area contributed by atoms with Gasteiger partial charge in [0, 0.05) is 6.54 Å². The highest BCUT2D eigenvalue weighted by Crippen LogP contribution is 2.20. The molecule has 1 saturated heterocycles. The number of carbonyl (C=O) groups excluding carboxylic acids is 2. The molecule has 6 nitrogen and oxygen atoms in total. The summed E-state index contributed by atoms with van der Waals surface area (Å²) in [7, 11) is -3.41. The number of aldehydes is 1. The molecule has 1 aromatic rings. The Morgan fingerprint density at radius 1 is 1.41 bits per heavy atom. The SMILES string of the molecule is CS(=O)(=O)N1CCC[C@H]1C(=O)N[C@H](C=O)Cc1ccccc1. The lowest BCUT2D eigenvalue weighted by atomic mass is 10.1. The minimum absolute atomic E-state index is 0.349. The molecule has 7 heteroatoms. The lowest BCUT2D eigenvalue weighted by Gasteiger charge is -2.23. The summed E-state index contributed by atoms with van der Waals surface area (Å²) in [5, 5.41) is 2.65. The second kappa shape index (κ2) is 7.02. The van der Waals surface area contributed by atoms with E-state index in [9.17, 15) is 18.0 Å². The molecule has 1 aliphatic rings. The standard InChI is InChI=1S/C15H20N2O4S/c1-22(20,21)17-9-5-8-14(17)15(19)16-13(11-18)10-12-6-3-2-4-7-12/h2-4,6-7,11,13-14H,5,8-10H2,1H3,(H,16,19)/t13-,14-/m0/s1. The van der Waals surface area contributed by atoms with E-state index < -0.39 is 28.0 Å². The minimum atomic E-state index is -3.41. The van der Waals surface area contributed by atoms with Crippen molar-refractivity contribution in [1.82, 2.24) is 9.62 Å². The summed E-state index contributed by atoms with van der Waals surface area (Å²) in [6.45, 7) is 0.349. The fourth-order valence-corrected chi connectivity index (χ4v) is 3.80. The molecule has 2 atom stereocenters. The highest BCUT2D eigenvalue weighted by molar-refractivity contribution is 7.88. The zero-order valence-corrected chi connectivity index (χ0v) is 13.3. The molecule has 0 aromatic heterocycles. The largest absolute Gasteiger partial charge is 0.345 e. The maximum absolute atomic E-state index is 12.3. The highest BCUT2D eigenvalue weighted by atomic mass is 32.2. The maximum Gasteiger partial charge on any atom is 0.239 e. The first-order valence-corrected chi connectivity index (χ1v) is 9.03. The number of nitrogens with zero attached hydrogens (tertiary/aromatic N) is 1. The lowest BCUT2D eigenvalue weighted by molar-refractivity contribution is -0.126. The van der Waals surface area contributed by atoms with Crippen LogP contribution in [0.1, 0.15) is 18.4 Å². The van der Waals surface area contributed by atoms with Crippen LogP contribution in [-0.2, 0) is 26.0 Å². The molecule has 22 heavy (non-hydrogen) atoms. The van der Waals surface area contributed by atoms with Crippen molar-refractivity contribution in [2.75, 3.05) is 12.8 Å². The molecule has 1 fully saturated rings. The van der Waals surface area contributed by atoms with Gasteiger partial charge in [-0.2, -0.15) is 4.31 Å². The average Bonchev–Trinajstić information content (AvgIpc) is 2.97. The Morgan fingerprint density at radius 3 is 2.68 bits per heavy atom. The molecule has 0 unspecified atom stereocenters. The van der Waals surface area contributed by atoms with Crippen LogP contribution >= 0.6 is 0 Å². The molecule has 1 heterocycles. The van der Waals surface area contributed by atoms with E-state index in [4.69, 9.17) is 0 Å². The van der Waals surface area contributed by atoms with Gasteiger partial charge in [-0.3, -0.25) is 4.79 Å². The first-order valence-electron chi connectivity index (χ1n) is 7.18. The molecular weight excluding hydrogens is 304 g/mol. The van der Waals surface area contributed by atoms with Gasteiger partial charge in [-0.25, -0.2) is 8.42 Å². The normalized spacial score (nSPS) is 20.5.